The van der Waals surface area contributed by atoms with Gasteiger partial charge in [0.05, 0.1) is 11.2 Å². The summed E-state index contributed by atoms with van der Waals surface area (Å²) in [6, 6.07) is 10.8. The molecule has 4 rings (SSSR count). The highest BCUT2D eigenvalue weighted by molar-refractivity contribution is 7.15. The lowest BCUT2D eigenvalue weighted by Gasteiger charge is -2.22. The molecule has 0 amide bonds. The number of anilines is 4. The summed E-state index contributed by atoms with van der Waals surface area (Å²) in [6.07, 6.45) is 5.29. The van der Waals surface area contributed by atoms with Crippen LogP contribution in [-0.2, 0) is 4.74 Å². The molecule has 0 aliphatic carbocycles. The fraction of sp³-hybridized carbons (Fsp3) is 0.375. The molecule has 10 heteroatoms. The van der Waals surface area contributed by atoms with Gasteiger partial charge < -0.3 is 10.1 Å². The van der Waals surface area contributed by atoms with Crippen molar-refractivity contribution < 1.29 is 4.74 Å². The molecule has 4 aromatic heterocycles. The van der Waals surface area contributed by atoms with Gasteiger partial charge in [0.15, 0.2) is 0 Å². The van der Waals surface area contributed by atoms with Gasteiger partial charge in [-0.15, -0.1) is 10.2 Å². The molecule has 0 fully saturated rings. The topological polar surface area (TPSA) is 89.0 Å². The monoisotopic (exact) mass is 493 g/mol. The Bertz CT molecular complexity index is 1230. The summed E-state index contributed by atoms with van der Waals surface area (Å²) in [6.45, 7) is 12.4. The number of ether oxygens (including phenoxy) is 1. The highest BCUT2D eigenvalue weighted by Gasteiger charge is 2.20. The highest BCUT2D eigenvalue weighted by atomic mass is 32.1. The molecule has 0 aromatic carbocycles. The van der Waals surface area contributed by atoms with Crippen molar-refractivity contribution in [2.24, 2.45) is 0 Å². The van der Waals surface area contributed by atoms with Crippen molar-refractivity contribution in [1.29, 1.82) is 0 Å². The van der Waals surface area contributed by atoms with Crippen LogP contribution >= 0.6 is 11.3 Å². The lowest BCUT2D eigenvalue weighted by molar-refractivity contribution is 0.153. The van der Waals surface area contributed by atoms with Gasteiger partial charge in [-0.05, 0) is 36.4 Å². The minimum atomic E-state index is -1.18. The molecule has 0 saturated heterocycles. The molecule has 0 radical (unpaired) electrons. The summed E-state index contributed by atoms with van der Waals surface area (Å²) >= 11 is 1.57. The van der Waals surface area contributed by atoms with Crippen LogP contribution in [0.5, 0.6) is 0 Å². The van der Waals surface area contributed by atoms with Crippen LogP contribution in [0.3, 0.4) is 0 Å². The number of hydrogen-bond acceptors (Lipinski definition) is 9. The SMILES string of the molecule is CC(C)c1nnc(N(COCC[Si](C)(C)C)c2ccc3nccc(Nc4ccncc4)c3n2)s1. The molecular weight excluding hydrogens is 462 g/mol. The number of hydrogen-bond donors (Lipinski definition) is 1. The largest absolute Gasteiger partial charge is 0.361 e. The molecule has 8 nitrogen and oxygen atoms in total. The summed E-state index contributed by atoms with van der Waals surface area (Å²) in [5, 5.41) is 14.0. The van der Waals surface area contributed by atoms with Gasteiger partial charge in [-0.1, -0.05) is 44.8 Å². The van der Waals surface area contributed by atoms with Gasteiger partial charge in [0.1, 0.15) is 23.1 Å². The molecule has 0 unspecified atom stereocenters. The zero-order valence-electron chi connectivity index (χ0n) is 20.3. The van der Waals surface area contributed by atoms with Crippen LogP contribution in [0.15, 0.2) is 48.9 Å². The average Bonchev–Trinajstić information content (AvgIpc) is 3.29. The van der Waals surface area contributed by atoms with Crippen molar-refractivity contribution in [3.63, 3.8) is 0 Å². The fourth-order valence-electron chi connectivity index (χ4n) is 3.18. The second-order valence-corrected chi connectivity index (χ2v) is 16.2. The summed E-state index contributed by atoms with van der Waals surface area (Å²) < 4.78 is 6.11. The van der Waals surface area contributed by atoms with Crippen molar-refractivity contribution in [3.8, 4) is 0 Å². The van der Waals surface area contributed by atoms with Gasteiger partial charge in [0.2, 0.25) is 5.13 Å². The lowest BCUT2D eigenvalue weighted by atomic mass is 10.2. The summed E-state index contributed by atoms with van der Waals surface area (Å²) in [7, 11) is -1.18. The molecule has 4 heterocycles. The second-order valence-electron chi connectivity index (χ2n) is 9.61. The summed E-state index contributed by atoms with van der Waals surface area (Å²) in [5.74, 6) is 1.06. The maximum Gasteiger partial charge on any atom is 0.215 e. The van der Waals surface area contributed by atoms with Crippen LogP contribution < -0.4 is 10.2 Å². The maximum absolute atomic E-state index is 6.11. The Hall–Kier alpha value is -2.95. The Morgan fingerprint density at radius 2 is 1.82 bits per heavy atom. The second kappa shape index (κ2) is 10.5. The molecule has 1 N–H and O–H groups in total. The van der Waals surface area contributed by atoms with Crippen LogP contribution in [0, 0.1) is 0 Å². The molecule has 0 bridgehead atoms. The van der Waals surface area contributed by atoms with E-state index in [4.69, 9.17) is 9.72 Å². The van der Waals surface area contributed by atoms with Gasteiger partial charge >= 0.3 is 0 Å². The molecule has 0 aliphatic heterocycles. The molecule has 178 valence electrons. The molecule has 4 aromatic rings. The first-order chi connectivity index (χ1) is 16.3. The first-order valence-corrected chi connectivity index (χ1v) is 15.9. The molecule has 34 heavy (non-hydrogen) atoms. The number of fused-ring (bicyclic) bond motifs is 1. The minimum Gasteiger partial charge on any atom is -0.361 e. The van der Waals surface area contributed by atoms with E-state index >= 15 is 0 Å². The zero-order valence-corrected chi connectivity index (χ0v) is 22.1. The van der Waals surface area contributed by atoms with E-state index in [1.807, 2.05) is 35.2 Å². The first kappa shape index (κ1) is 24.2. The van der Waals surface area contributed by atoms with Gasteiger partial charge in [-0.3, -0.25) is 14.9 Å². The van der Waals surface area contributed by atoms with Crippen LogP contribution in [0.4, 0.5) is 22.3 Å². The Kier molecular flexibility index (Phi) is 7.49. The van der Waals surface area contributed by atoms with E-state index in [2.05, 4.69) is 59.0 Å². The van der Waals surface area contributed by atoms with Crippen molar-refractivity contribution in [1.82, 2.24) is 25.1 Å². The molecular formula is C24H31N7OSSi. The van der Waals surface area contributed by atoms with Crippen molar-refractivity contribution in [3.05, 3.63) is 53.9 Å². The third kappa shape index (κ3) is 6.13. The molecule has 0 atom stereocenters. The Balaban J connectivity index is 1.67. The smallest absolute Gasteiger partial charge is 0.215 e. The standard InChI is InChI=1S/C24H31N7OSSi/c1-17(2)23-29-30-24(33-23)31(16-32-14-15-34(3,4)5)21-7-6-19-22(28-21)20(10-13-26-19)27-18-8-11-25-12-9-18/h6-13,17H,14-16H2,1-5H3,(H,25,26,27). The summed E-state index contributed by atoms with van der Waals surface area (Å²) in [5.41, 5.74) is 3.39. The predicted octanol–water partition coefficient (Wildman–Crippen LogP) is 6.19. The van der Waals surface area contributed by atoms with E-state index in [-0.39, 0.29) is 0 Å². The Morgan fingerprint density at radius 3 is 2.53 bits per heavy atom. The van der Waals surface area contributed by atoms with E-state index in [1.165, 1.54) is 0 Å². The Labute approximate surface area is 205 Å². The Morgan fingerprint density at radius 1 is 1.03 bits per heavy atom. The van der Waals surface area contributed by atoms with Crippen LogP contribution in [0.25, 0.3) is 11.0 Å². The quantitative estimate of drug-likeness (QED) is 0.159. The van der Waals surface area contributed by atoms with Crippen LogP contribution in [-0.4, -0.2) is 46.6 Å². The van der Waals surface area contributed by atoms with E-state index in [0.29, 0.717) is 19.3 Å². The van der Waals surface area contributed by atoms with Crippen molar-refractivity contribution in [2.75, 3.05) is 23.6 Å². The molecule has 0 spiro atoms. The van der Waals surface area contributed by atoms with Crippen molar-refractivity contribution in [2.45, 2.75) is 45.5 Å². The lowest BCUT2D eigenvalue weighted by Crippen LogP contribution is -2.26. The maximum atomic E-state index is 6.11. The first-order valence-electron chi connectivity index (χ1n) is 11.4. The molecule has 0 saturated carbocycles. The number of pyridine rings is 3. The predicted molar refractivity (Wildman–Crippen MR) is 142 cm³/mol. The van der Waals surface area contributed by atoms with Crippen molar-refractivity contribution >= 4 is 52.8 Å². The number of rotatable bonds is 10. The van der Waals surface area contributed by atoms with Crippen LogP contribution in [0.2, 0.25) is 25.7 Å². The average molecular weight is 494 g/mol. The van der Waals surface area contributed by atoms with Gasteiger partial charge in [-0.2, -0.15) is 0 Å². The third-order valence-electron chi connectivity index (χ3n) is 5.18. The van der Waals surface area contributed by atoms with E-state index in [1.54, 1.807) is 29.9 Å². The van der Waals surface area contributed by atoms with E-state index in [9.17, 15) is 0 Å². The van der Waals surface area contributed by atoms with Gasteiger partial charge in [-0.25, -0.2) is 4.98 Å². The summed E-state index contributed by atoms with van der Waals surface area (Å²) in [4.78, 5) is 15.6. The van der Waals surface area contributed by atoms with Crippen LogP contribution in [0.1, 0.15) is 24.8 Å². The number of nitrogens with zero attached hydrogens (tertiary/aromatic N) is 6. The minimum absolute atomic E-state index is 0.311. The normalized spacial score (nSPS) is 11.8. The number of nitrogens with one attached hydrogen (secondary N) is 1. The third-order valence-corrected chi connectivity index (χ3v) is 8.13. The van der Waals surface area contributed by atoms with Gasteiger partial charge in [0.25, 0.3) is 0 Å². The highest BCUT2D eigenvalue weighted by Crippen LogP contribution is 2.32. The zero-order chi connectivity index (χ0) is 24.1. The number of aromatic nitrogens is 5. The van der Waals surface area contributed by atoms with E-state index < -0.39 is 8.07 Å². The van der Waals surface area contributed by atoms with E-state index in [0.717, 1.165) is 44.4 Å². The molecule has 0 aliphatic rings. The van der Waals surface area contributed by atoms with Gasteiger partial charge in [0, 0.05) is 44.9 Å². The fourth-order valence-corrected chi connectivity index (χ4v) is 4.78.